The zero-order chi connectivity index (χ0) is 9.47. The van der Waals surface area contributed by atoms with Gasteiger partial charge >= 0.3 is 0 Å². The minimum Gasteiger partial charge on any atom is -0.341 e. The Morgan fingerprint density at radius 2 is 2.14 bits per heavy atom. The molecule has 0 aromatic heterocycles. The van der Waals surface area contributed by atoms with Crippen molar-refractivity contribution in [3.8, 4) is 0 Å². The molecule has 0 aromatic carbocycles. The number of nitrogens with zero attached hydrogens (tertiary/aromatic N) is 1. The smallest absolute Gasteiger partial charge is 0.228 e. The van der Waals surface area contributed by atoms with Gasteiger partial charge in [-0.2, -0.15) is 0 Å². The molecule has 0 bridgehead atoms. The summed E-state index contributed by atoms with van der Waals surface area (Å²) in [5.41, 5.74) is 5.82. The summed E-state index contributed by atoms with van der Waals surface area (Å²) in [6.45, 7) is 3.76. The molecular weight excluding hydrogens is 200 g/mol. The van der Waals surface area contributed by atoms with E-state index in [-0.39, 0.29) is 23.9 Å². The van der Waals surface area contributed by atoms with Crippen LogP contribution in [0.4, 0.5) is 0 Å². The first-order valence-electron chi connectivity index (χ1n) is 5.17. The molecule has 2 rings (SSSR count). The first kappa shape index (κ1) is 11.8. The number of carbonyl (C=O) groups excluding carboxylic acids is 1. The standard InChI is InChI=1S/C10H18N2O.ClH/c1-10(4-5-10)9(13)12-6-2-3-8(11)7-12;/h8H,2-7,11H2,1H3;1H. The summed E-state index contributed by atoms with van der Waals surface area (Å²) in [4.78, 5) is 13.9. The Bertz CT molecular complexity index is 228. The lowest BCUT2D eigenvalue weighted by atomic mass is 10.0. The minimum atomic E-state index is -0.0168. The van der Waals surface area contributed by atoms with Gasteiger partial charge in [-0.05, 0) is 25.7 Å². The molecular formula is C10H19ClN2O. The van der Waals surface area contributed by atoms with Crippen LogP contribution in [0.2, 0.25) is 0 Å². The lowest BCUT2D eigenvalue weighted by Gasteiger charge is -2.32. The average Bonchev–Trinajstić information content (AvgIpc) is 2.84. The number of amides is 1. The Labute approximate surface area is 91.4 Å². The zero-order valence-electron chi connectivity index (χ0n) is 8.66. The van der Waals surface area contributed by atoms with Gasteiger partial charge in [-0.3, -0.25) is 4.79 Å². The second-order valence-electron chi connectivity index (χ2n) is 4.71. The minimum absolute atomic E-state index is 0. The van der Waals surface area contributed by atoms with Crippen LogP contribution in [0, 0.1) is 5.41 Å². The highest BCUT2D eigenvalue weighted by Crippen LogP contribution is 2.46. The summed E-state index contributed by atoms with van der Waals surface area (Å²) in [5.74, 6) is 0.336. The third kappa shape index (κ3) is 2.20. The van der Waals surface area contributed by atoms with Crippen LogP contribution < -0.4 is 5.73 Å². The van der Waals surface area contributed by atoms with Crippen molar-refractivity contribution in [2.45, 2.75) is 38.6 Å². The van der Waals surface area contributed by atoms with Gasteiger partial charge in [0.2, 0.25) is 5.91 Å². The maximum absolute atomic E-state index is 11.9. The van der Waals surface area contributed by atoms with Crippen molar-refractivity contribution in [1.82, 2.24) is 4.90 Å². The van der Waals surface area contributed by atoms with Crippen LogP contribution in [0.1, 0.15) is 32.6 Å². The first-order chi connectivity index (χ1) is 6.12. The summed E-state index contributed by atoms with van der Waals surface area (Å²) < 4.78 is 0. The van der Waals surface area contributed by atoms with Gasteiger partial charge < -0.3 is 10.6 Å². The third-order valence-electron chi connectivity index (χ3n) is 3.26. The van der Waals surface area contributed by atoms with Crippen LogP contribution in [0.3, 0.4) is 0 Å². The first-order valence-corrected chi connectivity index (χ1v) is 5.17. The molecule has 0 spiro atoms. The normalized spacial score (nSPS) is 29.3. The van der Waals surface area contributed by atoms with Crippen LogP contribution in [-0.4, -0.2) is 29.9 Å². The number of piperidine rings is 1. The molecule has 1 saturated carbocycles. The van der Waals surface area contributed by atoms with E-state index in [9.17, 15) is 4.79 Å². The Morgan fingerprint density at radius 3 is 2.64 bits per heavy atom. The molecule has 0 aromatic rings. The summed E-state index contributed by atoms with van der Waals surface area (Å²) in [5, 5.41) is 0. The molecule has 4 heteroatoms. The fourth-order valence-electron chi connectivity index (χ4n) is 1.98. The Balaban J connectivity index is 0.000000980. The number of rotatable bonds is 1. The van der Waals surface area contributed by atoms with Crippen molar-refractivity contribution in [2.75, 3.05) is 13.1 Å². The molecule has 3 nitrogen and oxygen atoms in total. The lowest BCUT2D eigenvalue weighted by Crippen LogP contribution is -2.47. The van der Waals surface area contributed by atoms with E-state index in [0.717, 1.165) is 38.8 Å². The maximum Gasteiger partial charge on any atom is 0.228 e. The average molecular weight is 219 g/mol. The number of likely N-dealkylation sites (tertiary alicyclic amines) is 1. The molecule has 1 saturated heterocycles. The van der Waals surface area contributed by atoms with Gasteiger partial charge in [0, 0.05) is 24.5 Å². The van der Waals surface area contributed by atoms with Crippen molar-refractivity contribution in [2.24, 2.45) is 11.1 Å². The molecule has 1 atom stereocenters. The summed E-state index contributed by atoms with van der Waals surface area (Å²) >= 11 is 0. The molecule has 1 aliphatic carbocycles. The largest absolute Gasteiger partial charge is 0.341 e. The van der Waals surface area contributed by atoms with Gasteiger partial charge in [-0.25, -0.2) is 0 Å². The highest BCUT2D eigenvalue weighted by atomic mass is 35.5. The predicted molar refractivity (Wildman–Crippen MR) is 58.4 cm³/mol. The predicted octanol–water partition coefficient (Wildman–Crippen LogP) is 1.16. The molecule has 2 aliphatic rings. The molecule has 1 heterocycles. The van der Waals surface area contributed by atoms with Crippen molar-refractivity contribution >= 4 is 18.3 Å². The van der Waals surface area contributed by atoms with Gasteiger partial charge in [0.25, 0.3) is 0 Å². The molecule has 2 N–H and O–H groups in total. The SMILES string of the molecule is CC1(C(=O)N2CCCC(N)C2)CC1.Cl. The number of nitrogens with two attached hydrogens (primary N) is 1. The van der Waals surface area contributed by atoms with E-state index in [2.05, 4.69) is 6.92 Å². The van der Waals surface area contributed by atoms with Crippen molar-refractivity contribution in [1.29, 1.82) is 0 Å². The van der Waals surface area contributed by atoms with Gasteiger partial charge in [0.05, 0.1) is 0 Å². The van der Waals surface area contributed by atoms with Gasteiger partial charge in [0.1, 0.15) is 0 Å². The van der Waals surface area contributed by atoms with Crippen molar-refractivity contribution in [3.63, 3.8) is 0 Å². The zero-order valence-corrected chi connectivity index (χ0v) is 9.48. The summed E-state index contributed by atoms with van der Waals surface area (Å²) in [6, 6.07) is 0.208. The summed E-state index contributed by atoms with van der Waals surface area (Å²) in [7, 11) is 0. The molecule has 1 amide bonds. The van der Waals surface area contributed by atoms with E-state index in [1.165, 1.54) is 0 Å². The Morgan fingerprint density at radius 1 is 1.50 bits per heavy atom. The second kappa shape index (κ2) is 4.07. The van der Waals surface area contributed by atoms with E-state index in [1.54, 1.807) is 0 Å². The van der Waals surface area contributed by atoms with Gasteiger partial charge in [0.15, 0.2) is 0 Å². The van der Waals surface area contributed by atoms with Gasteiger partial charge in [-0.15, -0.1) is 12.4 Å². The van der Waals surface area contributed by atoms with Crippen LogP contribution in [0.5, 0.6) is 0 Å². The molecule has 0 radical (unpaired) electrons. The number of halogens is 1. The molecule has 1 aliphatic heterocycles. The lowest BCUT2D eigenvalue weighted by molar-refractivity contribution is -0.137. The molecule has 14 heavy (non-hydrogen) atoms. The van der Waals surface area contributed by atoms with Crippen LogP contribution in [0.25, 0.3) is 0 Å². The van der Waals surface area contributed by atoms with E-state index in [0.29, 0.717) is 5.91 Å². The quantitative estimate of drug-likeness (QED) is 0.718. The maximum atomic E-state index is 11.9. The fourth-order valence-corrected chi connectivity index (χ4v) is 1.98. The number of hydrogen-bond donors (Lipinski definition) is 1. The van der Waals surface area contributed by atoms with E-state index < -0.39 is 0 Å². The molecule has 1 unspecified atom stereocenters. The number of carbonyl (C=O) groups is 1. The van der Waals surface area contributed by atoms with Crippen molar-refractivity contribution < 1.29 is 4.79 Å². The topological polar surface area (TPSA) is 46.3 Å². The fraction of sp³-hybridized carbons (Fsp3) is 0.900. The van der Waals surface area contributed by atoms with Crippen LogP contribution in [0.15, 0.2) is 0 Å². The van der Waals surface area contributed by atoms with Crippen LogP contribution >= 0.6 is 12.4 Å². The van der Waals surface area contributed by atoms with Gasteiger partial charge in [-0.1, -0.05) is 6.92 Å². The van der Waals surface area contributed by atoms with E-state index in [4.69, 9.17) is 5.73 Å². The van der Waals surface area contributed by atoms with E-state index >= 15 is 0 Å². The van der Waals surface area contributed by atoms with E-state index in [1.807, 2.05) is 4.90 Å². The summed E-state index contributed by atoms with van der Waals surface area (Å²) in [6.07, 6.45) is 4.28. The molecule has 2 fully saturated rings. The third-order valence-corrected chi connectivity index (χ3v) is 3.26. The Hall–Kier alpha value is -0.280. The highest BCUT2D eigenvalue weighted by Gasteiger charge is 2.47. The number of hydrogen-bond acceptors (Lipinski definition) is 2. The highest BCUT2D eigenvalue weighted by molar-refractivity contribution is 5.85. The molecule has 82 valence electrons. The van der Waals surface area contributed by atoms with Crippen molar-refractivity contribution in [3.05, 3.63) is 0 Å². The van der Waals surface area contributed by atoms with Crippen LogP contribution in [-0.2, 0) is 4.79 Å². The Kier molecular flexibility index (Phi) is 3.43. The monoisotopic (exact) mass is 218 g/mol. The second-order valence-corrected chi connectivity index (χ2v) is 4.71.